The fourth-order valence-corrected chi connectivity index (χ4v) is 2.51. The molecule has 0 aromatic heterocycles. The zero-order valence-corrected chi connectivity index (χ0v) is 10.7. The SMILES string of the molecule is CCO[C@@H]1CCCCCCCCCC[C@@H]1F. The van der Waals surface area contributed by atoms with Gasteiger partial charge in [-0.3, -0.25) is 0 Å². The van der Waals surface area contributed by atoms with Gasteiger partial charge in [-0.15, -0.1) is 0 Å². The predicted molar refractivity (Wildman–Crippen MR) is 66.5 cm³/mol. The Labute approximate surface area is 99.8 Å². The highest BCUT2D eigenvalue weighted by Crippen LogP contribution is 2.21. The van der Waals surface area contributed by atoms with Gasteiger partial charge in [0.1, 0.15) is 6.17 Å². The Hall–Kier alpha value is -0.110. The fourth-order valence-electron chi connectivity index (χ4n) is 2.51. The third kappa shape index (κ3) is 5.83. The molecule has 1 rings (SSSR count). The molecule has 96 valence electrons. The molecule has 0 heterocycles. The fraction of sp³-hybridized carbons (Fsp3) is 1.00. The molecule has 0 unspecified atom stereocenters. The molecule has 1 saturated carbocycles. The van der Waals surface area contributed by atoms with Crippen molar-refractivity contribution < 1.29 is 9.13 Å². The molecule has 1 nitrogen and oxygen atoms in total. The zero-order valence-electron chi connectivity index (χ0n) is 10.7. The second-order valence-electron chi connectivity index (χ2n) is 4.92. The van der Waals surface area contributed by atoms with E-state index in [0.717, 1.165) is 19.3 Å². The van der Waals surface area contributed by atoms with Crippen molar-refractivity contribution in [2.75, 3.05) is 6.61 Å². The first kappa shape index (κ1) is 14.0. The summed E-state index contributed by atoms with van der Waals surface area (Å²) in [4.78, 5) is 0. The molecule has 0 spiro atoms. The summed E-state index contributed by atoms with van der Waals surface area (Å²) in [6.45, 7) is 2.61. The lowest BCUT2D eigenvalue weighted by Crippen LogP contribution is -2.25. The lowest BCUT2D eigenvalue weighted by Gasteiger charge is -2.21. The van der Waals surface area contributed by atoms with Crippen LogP contribution in [0, 0.1) is 0 Å². The van der Waals surface area contributed by atoms with Crippen LogP contribution in [-0.2, 0) is 4.74 Å². The Morgan fingerprint density at radius 3 is 1.94 bits per heavy atom. The largest absolute Gasteiger partial charge is 0.375 e. The molecule has 0 aromatic carbocycles. The van der Waals surface area contributed by atoms with E-state index in [1.165, 1.54) is 38.5 Å². The van der Waals surface area contributed by atoms with E-state index in [2.05, 4.69) is 0 Å². The molecular formula is C14H27FO. The molecule has 0 aliphatic heterocycles. The van der Waals surface area contributed by atoms with Gasteiger partial charge in [0.15, 0.2) is 0 Å². The van der Waals surface area contributed by atoms with Crippen LogP contribution in [0.5, 0.6) is 0 Å². The van der Waals surface area contributed by atoms with Gasteiger partial charge in [0, 0.05) is 6.61 Å². The van der Waals surface area contributed by atoms with Crippen LogP contribution in [0.2, 0.25) is 0 Å². The molecule has 0 amide bonds. The second kappa shape index (κ2) is 8.98. The van der Waals surface area contributed by atoms with Gasteiger partial charge >= 0.3 is 0 Å². The summed E-state index contributed by atoms with van der Waals surface area (Å²) in [6, 6.07) is 0. The van der Waals surface area contributed by atoms with E-state index in [0.29, 0.717) is 13.0 Å². The van der Waals surface area contributed by atoms with Crippen molar-refractivity contribution in [2.24, 2.45) is 0 Å². The van der Waals surface area contributed by atoms with Crippen LogP contribution >= 0.6 is 0 Å². The number of hydrogen-bond donors (Lipinski definition) is 0. The number of alkyl halides is 1. The Kier molecular flexibility index (Phi) is 7.83. The summed E-state index contributed by atoms with van der Waals surface area (Å²) in [6.07, 6.45) is 10.6. The van der Waals surface area contributed by atoms with E-state index in [4.69, 9.17) is 4.74 Å². The molecule has 16 heavy (non-hydrogen) atoms. The normalized spacial score (nSPS) is 30.4. The quantitative estimate of drug-likeness (QED) is 0.671. The smallest absolute Gasteiger partial charge is 0.126 e. The molecule has 1 aliphatic rings. The third-order valence-electron chi connectivity index (χ3n) is 3.50. The molecule has 0 bridgehead atoms. The van der Waals surface area contributed by atoms with Crippen molar-refractivity contribution in [2.45, 2.75) is 83.4 Å². The molecule has 2 atom stereocenters. The molecule has 0 radical (unpaired) electrons. The standard InChI is InChI=1S/C14H27FO/c1-2-16-14-12-10-8-6-4-3-5-7-9-11-13(14)15/h13-14H,2-12H2,1H3/t13-,14+/m0/s1. The maximum absolute atomic E-state index is 13.9. The first-order valence-electron chi connectivity index (χ1n) is 7.10. The van der Waals surface area contributed by atoms with Crippen LogP contribution in [-0.4, -0.2) is 18.9 Å². The average molecular weight is 230 g/mol. The van der Waals surface area contributed by atoms with Crippen molar-refractivity contribution in [1.82, 2.24) is 0 Å². The van der Waals surface area contributed by atoms with E-state index in [1.54, 1.807) is 0 Å². The summed E-state index contributed by atoms with van der Waals surface area (Å²) in [5, 5.41) is 0. The average Bonchev–Trinajstić information content (AvgIpc) is 2.28. The van der Waals surface area contributed by atoms with Crippen LogP contribution < -0.4 is 0 Å². The molecule has 0 aromatic rings. The maximum atomic E-state index is 13.9. The minimum atomic E-state index is -0.737. The van der Waals surface area contributed by atoms with Gasteiger partial charge in [-0.05, 0) is 19.8 Å². The summed E-state index contributed by atoms with van der Waals surface area (Å²) in [5.74, 6) is 0. The van der Waals surface area contributed by atoms with Crippen LogP contribution in [0.15, 0.2) is 0 Å². The van der Waals surface area contributed by atoms with Crippen molar-refractivity contribution in [3.05, 3.63) is 0 Å². The Morgan fingerprint density at radius 2 is 1.38 bits per heavy atom. The van der Waals surface area contributed by atoms with Gasteiger partial charge in [0.25, 0.3) is 0 Å². The topological polar surface area (TPSA) is 9.23 Å². The van der Waals surface area contributed by atoms with Crippen molar-refractivity contribution >= 4 is 0 Å². The van der Waals surface area contributed by atoms with E-state index in [-0.39, 0.29) is 6.10 Å². The van der Waals surface area contributed by atoms with Crippen LogP contribution in [0.25, 0.3) is 0 Å². The lowest BCUT2D eigenvalue weighted by molar-refractivity contribution is -0.00598. The predicted octanol–water partition coefficient (Wildman–Crippen LogP) is 4.64. The highest BCUT2D eigenvalue weighted by molar-refractivity contribution is 4.70. The molecule has 2 heteroatoms. The highest BCUT2D eigenvalue weighted by Gasteiger charge is 2.20. The number of halogens is 1. The van der Waals surface area contributed by atoms with E-state index >= 15 is 0 Å². The summed E-state index contributed by atoms with van der Waals surface area (Å²) in [7, 11) is 0. The summed E-state index contributed by atoms with van der Waals surface area (Å²) in [5.41, 5.74) is 0. The number of rotatable bonds is 2. The first-order valence-corrected chi connectivity index (χ1v) is 7.10. The Morgan fingerprint density at radius 1 is 0.875 bits per heavy atom. The van der Waals surface area contributed by atoms with Crippen LogP contribution in [0.1, 0.15) is 71.1 Å². The van der Waals surface area contributed by atoms with Gasteiger partial charge in [-0.2, -0.15) is 0 Å². The third-order valence-corrected chi connectivity index (χ3v) is 3.50. The second-order valence-corrected chi connectivity index (χ2v) is 4.92. The van der Waals surface area contributed by atoms with E-state index in [9.17, 15) is 4.39 Å². The highest BCUT2D eigenvalue weighted by atomic mass is 19.1. The van der Waals surface area contributed by atoms with Crippen molar-refractivity contribution in [3.63, 3.8) is 0 Å². The van der Waals surface area contributed by atoms with E-state index < -0.39 is 6.17 Å². The van der Waals surface area contributed by atoms with Gasteiger partial charge < -0.3 is 4.74 Å². The number of hydrogen-bond acceptors (Lipinski definition) is 1. The molecular weight excluding hydrogens is 203 g/mol. The van der Waals surface area contributed by atoms with Gasteiger partial charge in [0.2, 0.25) is 0 Å². The summed E-state index contributed by atoms with van der Waals surface area (Å²) >= 11 is 0. The lowest BCUT2D eigenvalue weighted by atomic mass is 9.98. The van der Waals surface area contributed by atoms with Crippen molar-refractivity contribution in [1.29, 1.82) is 0 Å². The van der Waals surface area contributed by atoms with Gasteiger partial charge in [-0.25, -0.2) is 4.39 Å². The van der Waals surface area contributed by atoms with Crippen LogP contribution in [0.3, 0.4) is 0 Å². The monoisotopic (exact) mass is 230 g/mol. The minimum absolute atomic E-state index is 0.135. The number of ether oxygens (including phenoxy) is 1. The Bertz CT molecular complexity index is 161. The minimum Gasteiger partial charge on any atom is -0.375 e. The molecule has 1 fully saturated rings. The van der Waals surface area contributed by atoms with Crippen LogP contribution in [0.4, 0.5) is 4.39 Å². The van der Waals surface area contributed by atoms with Crippen molar-refractivity contribution in [3.8, 4) is 0 Å². The van der Waals surface area contributed by atoms with Gasteiger partial charge in [0.05, 0.1) is 6.10 Å². The molecule has 0 saturated heterocycles. The summed E-state index contributed by atoms with van der Waals surface area (Å²) < 4.78 is 19.4. The van der Waals surface area contributed by atoms with E-state index in [1.807, 2.05) is 6.92 Å². The maximum Gasteiger partial charge on any atom is 0.126 e. The Balaban J connectivity index is 2.33. The molecule has 1 aliphatic carbocycles. The molecule has 0 N–H and O–H groups in total. The first-order chi connectivity index (χ1) is 7.84. The zero-order chi connectivity index (χ0) is 11.6. The van der Waals surface area contributed by atoms with Gasteiger partial charge in [-0.1, -0.05) is 51.4 Å².